The third-order valence-electron chi connectivity index (χ3n) is 2.69. The molecule has 1 heterocycles. The van der Waals surface area contributed by atoms with Gasteiger partial charge in [-0.2, -0.15) is 5.10 Å². The van der Waals surface area contributed by atoms with Gasteiger partial charge in [-0.25, -0.2) is 0 Å². The molecule has 0 saturated carbocycles. The average Bonchev–Trinajstić information content (AvgIpc) is 2.65. The first-order valence-electron chi connectivity index (χ1n) is 5.48. The minimum atomic E-state index is -0.280. The number of nitrogen functional groups attached to an aromatic ring is 1. The minimum absolute atomic E-state index is 0.0309. The van der Waals surface area contributed by atoms with E-state index < -0.39 is 0 Å². The molecule has 0 aliphatic carbocycles. The average molecular weight is 325 g/mol. The van der Waals surface area contributed by atoms with Gasteiger partial charge in [-0.15, -0.1) is 0 Å². The van der Waals surface area contributed by atoms with Crippen LogP contribution in [-0.4, -0.2) is 20.8 Å². The molecule has 0 spiro atoms. The fourth-order valence-electron chi connectivity index (χ4n) is 1.77. The number of amides is 1. The first-order chi connectivity index (χ1) is 8.91. The van der Waals surface area contributed by atoms with Gasteiger partial charge >= 0.3 is 0 Å². The first kappa shape index (κ1) is 13.4. The van der Waals surface area contributed by atoms with Crippen LogP contribution in [-0.2, 0) is 11.8 Å². The van der Waals surface area contributed by atoms with E-state index in [4.69, 9.17) is 5.73 Å². The van der Waals surface area contributed by atoms with Crippen molar-refractivity contribution in [2.75, 3.05) is 11.1 Å². The molecular formula is C12H13BrN4O2. The third-order valence-corrected chi connectivity index (χ3v) is 3.35. The normalized spacial score (nSPS) is 10.5. The molecule has 6 nitrogen and oxygen atoms in total. The SMILES string of the molecule is CC(=O)Nc1c(O)ccc(Br)c1-c1cnn(C)c1N. The van der Waals surface area contributed by atoms with Crippen molar-refractivity contribution in [3.05, 3.63) is 22.8 Å². The molecule has 0 aliphatic heterocycles. The van der Waals surface area contributed by atoms with Crippen LogP contribution in [0.4, 0.5) is 11.5 Å². The molecule has 0 atom stereocenters. The zero-order chi connectivity index (χ0) is 14.2. The summed E-state index contributed by atoms with van der Waals surface area (Å²) < 4.78 is 2.22. The smallest absolute Gasteiger partial charge is 0.221 e. The van der Waals surface area contributed by atoms with E-state index in [-0.39, 0.29) is 11.7 Å². The fraction of sp³-hybridized carbons (Fsp3) is 0.167. The molecule has 19 heavy (non-hydrogen) atoms. The summed E-state index contributed by atoms with van der Waals surface area (Å²) in [5.74, 6) is 0.131. The van der Waals surface area contributed by atoms with Crippen molar-refractivity contribution in [2.45, 2.75) is 6.92 Å². The monoisotopic (exact) mass is 324 g/mol. The number of nitrogens with zero attached hydrogens (tertiary/aromatic N) is 2. The summed E-state index contributed by atoms with van der Waals surface area (Å²) in [6.45, 7) is 1.37. The van der Waals surface area contributed by atoms with E-state index in [0.29, 0.717) is 27.1 Å². The summed E-state index contributed by atoms with van der Waals surface area (Å²) >= 11 is 3.40. The molecule has 0 bridgehead atoms. The van der Waals surface area contributed by atoms with Gasteiger partial charge in [0.05, 0.1) is 11.9 Å². The molecule has 1 aromatic carbocycles. The first-order valence-corrected chi connectivity index (χ1v) is 6.28. The maximum Gasteiger partial charge on any atom is 0.221 e. The van der Waals surface area contributed by atoms with Gasteiger partial charge in [0.25, 0.3) is 0 Å². The summed E-state index contributed by atoms with van der Waals surface area (Å²) in [7, 11) is 1.72. The molecular weight excluding hydrogens is 312 g/mol. The Kier molecular flexibility index (Phi) is 3.48. The number of halogens is 1. The number of phenols is 1. The van der Waals surface area contributed by atoms with Gasteiger partial charge < -0.3 is 16.2 Å². The lowest BCUT2D eigenvalue weighted by molar-refractivity contribution is -0.114. The number of nitrogens with one attached hydrogen (secondary N) is 1. The highest BCUT2D eigenvalue weighted by molar-refractivity contribution is 9.10. The Morgan fingerprint density at radius 2 is 2.21 bits per heavy atom. The Morgan fingerprint density at radius 1 is 1.53 bits per heavy atom. The summed E-state index contributed by atoms with van der Waals surface area (Å²) in [4.78, 5) is 11.3. The van der Waals surface area contributed by atoms with Crippen LogP contribution in [0.2, 0.25) is 0 Å². The van der Waals surface area contributed by atoms with Crippen LogP contribution >= 0.6 is 15.9 Å². The van der Waals surface area contributed by atoms with E-state index in [1.165, 1.54) is 17.7 Å². The van der Waals surface area contributed by atoms with Crippen LogP contribution in [0.5, 0.6) is 5.75 Å². The van der Waals surface area contributed by atoms with Crippen molar-refractivity contribution < 1.29 is 9.90 Å². The molecule has 100 valence electrons. The minimum Gasteiger partial charge on any atom is -0.506 e. The number of carbonyl (C=O) groups is 1. The number of aryl methyl sites for hydroxylation is 1. The predicted octanol–water partition coefficient (Wildman–Crippen LogP) is 2.10. The second-order valence-corrected chi connectivity index (χ2v) is 4.92. The number of hydrogen-bond acceptors (Lipinski definition) is 4. The van der Waals surface area contributed by atoms with Crippen molar-refractivity contribution in [3.63, 3.8) is 0 Å². The lowest BCUT2D eigenvalue weighted by atomic mass is 10.1. The number of hydrogen-bond donors (Lipinski definition) is 3. The lowest BCUT2D eigenvalue weighted by Gasteiger charge is -2.13. The highest BCUT2D eigenvalue weighted by Crippen LogP contribution is 2.42. The Bertz CT molecular complexity index is 651. The molecule has 0 fully saturated rings. The fourth-order valence-corrected chi connectivity index (χ4v) is 2.32. The van der Waals surface area contributed by atoms with Gasteiger partial charge in [-0.1, -0.05) is 15.9 Å². The lowest BCUT2D eigenvalue weighted by Crippen LogP contribution is -2.08. The number of aromatic hydroxyl groups is 1. The van der Waals surface area contributed by atoms with E-state index in [9.17, 15) is 9.90 Å². The summed E-state index contributed by atoms with van der Waals surface area (Å²) in [6.07, 6.45) is 1.58. The molecule has 7 heteroatoms. The largest absolute Gasteiger partial charge is 0.506 e. The summed E-state index contributed by atoms with van der Waals surface area (Å²) in [5, 5.41) is 16.6. The predicted molar refractivity (Wildman–Crippen MR) is 76.7 cm³/mol. The van der Waals surface area contributed by atoms with Gasteiger partial charge in [0.2, 0.25) is 5.91 Å². The zero-order valence-corrected chi connectivity index (χ0v) is 12.0. The zero-order valence-electron chi connectivity index (χ0n) is 10.4. The second kappa shape index (κ2) is 4.93. The van der Waals surface area contributed by atoms with Crippen molar-refractivity contribution in [1.82, 2.24) is 9.78 Å². The Balaban J connectivity index is 2.71. The van der Waals surface area contributed by atoms with Crippen molar-refractivity contribution in [1.29, 1.82) is 0 Å². The van der Waals surface area contributed by atoms with Crippen LogP contribution in [0, 0.1) is 0 Å². The highest BCUT2D eigenvalue weighted by atomic mass is 79.9. The highest BCUT2D eigenvalue weighted by Gasteiger charge is 2.18. The van der Waals surface area contributed by atoms with Crippen molar-refractivity contribution in [2.24, 2.45) is 7.05 Å². The van der Waals surface area contributed by atoms with E-state index >= 15 is 0 Å². The third kappa shape index (κ3) is 2.41. The standard InChI is InChI=1S/C12H13BrN4O2/c1-6(18)16-11-9(19)4-3-8(13)10(11)7-5-15-17(2)12(7)14/h3-5,19H,14H2,1-2H3,(H,16,18). The van der Waals surface area contributed by atoms with Crippen LogP contribution in [0.25, 0.3) is 11.1 Å². The molecule has 2 aromatic rings. The van der Waals surface area contributed by atoms with Crippen molar-refractivity contribution >= 4 is 33.3 Å². The molecule has 0 radical (unpaired) electrons. The number of benzene rings is 1. The quantitative estimate of drug-likeness (QED) is 0.737. The number of aromatic nitrogens is 2. The van der Waals surface area contributed by atoms with Crippen LogP contribution < -0.4 is 11.1 Å². The van der Waals surface area contributed by atoms with Gasteiger partial charge in [-0.05, 0) is 12.1 Å². The summed E-state index contributed by atoms with van der Waals surface area (Å²) in [5.41, 5.74) is 7.48. The van der Waals surface area contributed by atoms with Gasteiger partial charge in [0.15, 0.2) is 0 Å². The van der Waals surface area contributed by atoms with E-state index in [1.807, 2.05) is 0 Å². The maximum absolute atomic E-state index is 11.3. The van der Waals surface area contributed by atoms with Gasteiger partial charge in [0, 0.05) is 29.6 Å². The van der Waals surface area contributed by atoms with Crippen LogP contribution in [0.1, 0.15) is 6.92 Å². The van der Waals surface area contributed by atoms with Gasteiger partial charge in [0.1, 0.15) is 11.6 Å². The number of rotatable bonds is 2. The Morgan fingerprint density at radius 3 is 2.74 bits per heavy atom. The molecule has 4 N–H and O–H groups in total. The molecule has 1 amide bonds. The maximum atomic E-state index is 11.3. The molecule has 0 saturated heterocycles. The van der Waals surface area contributed by atoms with E-state index in [1.54, 1.807) is 19.3 Å². The molecule has 1 aromatic heterocycles. The topological polar surface area (TPSA) is 93.2 Å². The van der Waals surface area contributed by atoms with E-state index in [2.05, 4.69) is 26.3 Å². The molecule has 0 aliphatic rings. The van der Waals surface area contributed by atoms with Crippen LogP contribution in [0.15, 0.2) is 22.8 Å². The summed E-state index contributed by atoms with van der Waals surface area (Å²) in [6, 6.07) is 3.17. The number of carbonyl (C=O) groups excluding carboxylic acids is 1. The van der Waals surface area contributed by atoms with Gasteiger partial charge in [-0.3, -0.25) is 9.48 Å². The van der Waals surface area contributed by atoms with E-state index in [0.717, 1.165) is 0 Å². The van der Waals surface area contributed by atoms with Crippen LogP contribution in [0.3, 0.4) is 0 Å². The molecule has 2 rings (SSSR count). The molecule has 0 unspecified atom stereocenters. The number of anilines is 2. The Hall–Kier alpha value is -2.02. The number of nitrogens with two attached hydrogens (primary N) is 1. The number of phenolic OH excluding ortho intramolecular Hbond substituents is 1. The second-order valence-electron chi connectivity index (χ2n) is 4.06. The van der Waals surface area contributed by atoms with Crippen molar-refractivity contribution in [3.8, 4) is 16.9 Å². The Labute approximate surface area is 118 Å².